The smallest absolute Gasteiger partial charge is 0.360 e. The quantitative estimate of drug-likeness (QED) is 0.734. The molecule has 0 atom stereocenters. The van der Waals surface area contributed by atoms with Crippen molar-refractivity contribution in [1.29, 1.82) is 0 Å². The van der Waals surface area contributed by atoms with Crippen LogP contribution in [0.4, 0.5) is 19.0 Å². The van der Waals surface area contributed by atoms with Crippen molar-refractivity contribution in [1.82, 2.24) is 9.97 Å². The summed E-state index contributed by atoms with van der Waals surface area (Å²) in [5.41, 5.74) is 0.446. The first-order valence-electron chi connectivity index (χ1n) is 7.06. The topological polar surface area (TPSA) is 74.8 Å². The summed E-state index contributed by atoms with van der Waals surface area (Å²) >= 11 is 0. The third-order valence-corrected chi connectivity index (χ3v) is 4.72. The van der Waals surface area contributed by atoms with E-state index >= 15 is 0 Å². The summed E-state index contributed by atoms with van der Waals surface area (Å²) in [6, 6.07) is 12.2. The number of sulfonamides is 1. The number of benzene rings is 1. The molecule has 0 spiro atoms. The van der Waals surface area contributed by atoms with E-state index in [1.807, 2.05) is 30.3 Å². The summed E-state index contributed by atoms with van der Waals surface area (Å²) in [7, 11) is -3.97. The fourth-order valence-electron chi connectivity index (χ4n) is 2.13. The third kappa shape index (κ3) is 3.82. The Morgan fingerprint density at radius 2 is 1.76 bits per heavy atom. The van der Waals surface area contributed by atoms with Gasteiger partial charge in [0.25, 0.3) is 10.0 Å². The van der Waals surface area contributed by atoms with E-state index in [9.17, 15) is 21.6 Å². The molecule has 25 heavy (non-hydrogen) atoms. The van der Waals surface area contributed by atoms with Crippen LogP contribution in [0.15, 0.2) is 65.8 Å². The largest absolute Gasteiger partial charge is 0.417 e. The van der Waals surface area contributed by atoms with Crippen molar-refractivity contribution in [3.63, 3.8) is 0 Å². The summed E-state index contributed by atoms with van der Waals surface area (Å²) in [5.74, 6) is -0.199. The van der Waals surface area contributed by atoms with Gasteiger partial charge in [0, 0.05) is 18.1 Å². The highest BCUT2D eigenvalue weighted by atomic mass is 32.2. The third-order valence-electron chi connectivity index (χ3n) is 3.38. The molecule has 0 saturated carbocycles. The van der Waals surface area contributed by atoms with Gasteiger partial charge in [-0.25, -0.2) is 13.4 Å². The van der Waals surface area contributed by atoms with Crippen LogP contribution >= 0.6 is 0 Å². The SMILES string of the molecule is O=S(=O)(Nc1ccc(C(F)(F)F)cn1)c1c[nH]c(-c2ccccc2)c1. The second-order valence-corrected chi connectivity index (χ2v) is 6.83. The van der Waals surface area contributed by atoms with E-state index in [1.54, 1.807) is 0 Å². The minimum atomic E-state index is -4.53. The number of hydrogen-bond acceptors (Lipinski definition) is 3. The number of nitrogens with one attached hydrogen (secondary N) is 2. The van der Waals surface area contributed by atoms with Gasteiger partial charge in [0.2, 0.25) is 0 Å². The Morgan fingerprint density at radius 3 is 2.36 bits per heavy atom. The molecule has 0 fully saturated rings. The predicted octanol–water partition coefficient (Wildman–Crippen LogP) is 3.90. The number of nitrogens with zero attached hydrogens (tertiary/aromatic N) is 1. The van der Waals surface area contributed by atoms with Crippen molar-refractivity contribution < 1.29 is 21.6 Å². The van der Waals surface area contributed by atoms with Crippen molar-refractivity contribution in [3.05, 3.63) is 66.5 Å². The molecule has 0 saturated heterocycles. The second kappa shape index (κ2) is 6.25. The van der Waals surface area contributed by atoms with Crippen LogP contribution in [0.2, 0.25) is 0 Å². The Labute approximate surface area is 141 Å². The number of aromatic nitrogens is 2. The standard InChI is InChI=1S/C16H12F3N3O2S/c17-16(18,19)12-6-7-15(21-9-12)22-25(23,24)13-8-14(20-10-13)11-4-2-1-3-5-11/h1-10,20H,(H,21,22). The Morgan fingerprint density at radius 1 is 1.04 bits per heavy atom. The molecule has 0 radical (unpaired) electrons. The van der Waals surface area contributed by atoms with E-state index in [-0.39, 0.29) is 10.7 Å². The van der Waals surface area contributed by atoms with Gasteiger partial charge in [-0.1, -0.05) is 30.3 Å². The van der Waals surface area contributed by atoms with E-state index in [4.69, 9.17) is 0 Å². The summed E-state index contributed by atoms with van der Waals surface area (Å²) in [5, 5.41) is 0. The minimum Gasteiger partial charge on any atom is -0.360 e. The summed E-state index contributed by atoms with van der Waals surface area (Å²) < 4.78 is 64.3. The normalized spacial score (nSPS) is 12.1. The van der Waals surface area contributed by atoms with Crippen LogP contribution in [0.25, 0.3) is 11.3 Å². The lowest BCUT2D eigenvalue weighted by Crippen LogP contribution is -2.14. The van der Waals surface area contributed by atoms with Gasteiger partial charge >= 0.3 is 6.18 Å². The van der Waals surface area contributed by atoms with Crippen molar-refractivity contribution >= 4 is 15.8 Å². The van der Waals surface area contributed by atoms with Gasteiger partial charge in [0.05, 0.1) is 5.56 Å². The molecule has 0 aliphatic rings. The summed E-state index contributed by atoms with van der Waals surface area (Å²) in [6.45, 7) is 0. The highest BCUT2D eigenvalue weighted by Crippen LogP contribution is 2.29. The summed E-state index contributed by atoms with van der Waals surface area (Å²) in [4.78, 5) is 6.31. The van der Waals surface area contributed by atoms with Gasteiger partial charge in [0.15, 0.2) is 0 Å². The highest BCUT2D eigenvalue weighted by molar-refractivity contribution is 7.92. The average molecular weight is 367 g/mol. The molecule has 9 heteroatoms. The Hall–Kier alpha value is -2.81. The van der Waals surface area contributed by atoms with Gasteiger partial charge < -0.3 is 4.98 Å². The number of halogens is 3. The number of pyridine rings is 1. The van der Waals surface area contributed by atoms with Crippen LogP contribution < -0.4 is 4.72 Å². The van der Waals surface area contributed by atoms with E-state index in [1.165, 1.54) is 12.3 Å². The number of rotatable bonds is 4. The van der Waals surface area contributed by atoms with Gasteiger partial charge in [-0.2, -0.15) is 13.2 Å². The second-order valence-electron chi connectivity index (χ2n) is 5.15. The zero-order chi connectivity index (χ0) is 18.1. The number of alkyl halides is 3. The van der Waals surface area contributed by atoms with E-state index < -0.39 is 21.8 Å². The lowest BCUT2D eigenvalue weighted by Gasteiger charge is -2.08. The highest BCUT2D eigenvalue weighted by Gasteiger charge is 2.30. The minimum absolute atomic E-state index is 0.0481. The van der Waals surface area contributed by atoms with Crippen LogP contribution in [-0.4, -0.2) is 18.4 Å². The van der Waals surface area contributed by atoms with Crippen LogP contribution in [0.5, 0.6) is 0 Å². The number of anilines is 1. The molecule has 130 valence electrons. The fraction of sp³-hybridized carbons (Fsp3) is 0.0625. The average Bonchev–Trinajstić information content (AvgIpc) is 3.06. The van der Waals surface area contributed by atoms with Crippen LogP contribution in [0.3, 0.4) is 0 Å². The Bertz CT molecular complexity index is 966. The van der Waals surface area contributed by atoms with Gasteiger partial charge in [0.1, 0.15) is 10.7 Å². The van der Waals surface area contributed by atoms with Crippen molar-refractivity contribution in [3.8, 4) is 11.3 Å². The predicted molar refractivity (Wildman–Crippen MR) is 86.3 cm³/mol. The Kier molecular flexibility index (Phi) is 4.25. The van der Waals surface area contributed by atoms with Crippen molar-refractivity contribution in [2.24, 2.45) is 0 Å². The maximum Gasteiger partial charge on any atom is 0.417 e. The number of H-pyrrole nitrogens is 1. The van der Waals surface area contributed by atoms with Crippen LogP contribution in [0, 0.1) is 0 Å². The molecule has 0 aliphatic heterocycles. The fourth-order valence-corrected chi connectivity index (χ4v) is 3.13. The van der Waals surface area contributed by atoms with E-state index in [2.05, 4.69) is 14.7 Å². The molecule has 2 aromatic heterocycles. The van der Waals surface area contributed by atoms with E-state index in [0.717, 1.165) is 17.7 Å². The molecule has 1 aromatic carbocycles. The van der Waals surface area contributed by atoms with Crippen LogP contribution in [0.1, 0.15) is 5.56 Å². The molecule has 0 unspecified atom stereocenters. The van der Waals surface area contributed by atoms with Gasteiger partial charge in [-0.15, -0.1) is 0 Å². The molecule has 3 aromatic rings. The molecule has 0 bridgehead atoms. The maximum absolute atomic E-state index is 12.5. The molecule has 3 rings (SSSR count). The molecule has 0 amide bonds. The molecule has 2 heterocycles. The van der Waals surface area contributed by atoms with E-state index in [0.29, 0.717) is 11.9 Å². The number of aromatic amines is 1. The molecule has 5 nitrogen and oxygen atoms in total. The number of hydrogen-bond donors (Lipinski definition) is 2. The van der Waals surface area contributed by atoms with Crippen LogP contribution in [-0.2, 0) is 16.2 Å². The monoisotopic (exact) mass is 367 g/mol. The zero-order valence-electron chi connectivity index (χ0n) is 12.6. The lowest BCUT2D eigenvalue weighted by molar-refractivity contribution is -0.137. The Balaban J connectivity index is 1.82. The molecule has 0 aliphatic carbocycles. The molecular weight excluding hydrogens is 355 g/mol. The lowest BCUT2D eigenvalue weighted by atomic mass is 10.2. The zero-order valence-corrected chi connectivity index (χ0v) is 13.4. The first kappa shape index (κ1) is 17.0. The maximum atomic E-state index is 12.5. The van der Waals surface area contributed by atoms with Crippen molar-refractivity contribution in [2.75, 3.05) is 4.72 Å². The van der Waals surface area contributed by atoms with Gasteiger partial charge in [-0.3, -0.25) is 4.72 Å². The summed E-state index contributed by atoms with van der Waals surface area (Å²) in [6.07, 6.45) is -2.66. The van der Waals surface area contributed by atoms with Crippen molar-refractivity contribution in [2.45, 2.75) is 11.1 Å². The molecular formula is C16H12F3N3O2S. The first-order chi connectivity index (χ1) is 11.8. The molecule has 2 N–H and O–H groups in total. The van der Waals surface area contributed by atoms with Gasteiger partial charge in [-0.05, 0) is 23.8 Å². The first-order valence-corrected chi connectivity index (χ1v) is 8.54.